The molecule has 0 aliphatic carbocycles. The van der Waals surface area contributed by atoms with E-state index in [0.717, 1.165) is 28.2 Å². The zero-order chi connectivity index (χ0) is 16.1. The molecular weight excluding hydrogens is 417 g/mol. The number of rotatable bonds is 4. The van der Waals surface area contributed by atoms with Crippen molar-refractivity contribution in [3.05, 3.63) is 73.9 Å². The molecule has 0 atom stereocenters. The van der Waals surface area contributed by atoms with Crippen LogP contribution in [0.5, 0.6) is 0 Å². The highest BCUT2D eigenvalue weighted by atomic mass is 127. The average Bonchev–Trinajstić information content (AvgIpc) is 2.98. The van der Waals surface area contributed by atoms with Gasteiger partial charge in [0.25, 0.3) is 0 Å². The van der Waals surface area contributed by atoms with Crippen molar-refractivity contribution in [2.45, 2.75) is 6.92 Å². The molecule has 0 aliphatic rings. The minimum Gasteiger partial charge on any atom is -0.258 e. The van der Waals surface area contributed by atoms with E-state index in [0.29, 0.717) is 0 Å². The Labute approximate surface area is 153 Å². The fraction of sp³-hybridized carbons (Fsp3) is 0.111. The third kappa shape index (κ3) is 3.79. The molecule has 3 rings (SSSR count). The Morgan fingerprint density at radius 2 is 1.83 bits per heavy atom. The van der Waals surface area contributed by atoms with Gasteiger partial charge in [0.2, 0.25) is 4.80 Å². The van der Waals surface area contributed by atoms with E-state index in [1.807, 2.05) is 48.1 Å². The van der Waals surface area contributed by atoms with E-state index >= 15 is 0 Å². The minimum absolute atomic E-state index is 0.743. The summed E-state index contributed by atoms with van der Waals surface area (Å²) in [5, 5.41) is 6.80. The van der Waals surface area contributed by atoms with Gasteiger partial charge in [-0.25, -0.2) is 4.68 Å². The van der Waals surface area contributed by atoms with Crippen molar-refractivity contribution in [2.24, 2.45) is 10.1 Å². The molecule has 0 bridgehead atoms. The lowest BCUT2D eigenvalue weighted by atomic mass is 10.2. The highest BCUT2D eigenvalue weighted by Gasteiger charge is 2.06. The van der Waals surface area contributed by atoms with Gasteiger partial charge in [-0.3, -0.25) is 4.99 Å². The Kier molecular flexibility index (Phi) is 5.40. The molecule has 1 heterocycles. The molecule has 0 amide bonds. The molecule has 0 fully saturated rings. The molecule has 0 radical (unpaired) electrons. The van der Waals surface area contributed by atoms with Crippen molar-refractivity contribution in [3.8, 4) is 11.3 Å². The highest BCUT2D eigenvalue weighted by Crippen LogP contribution is 2.19. The van der Waals surface area contributed by atoms with E-state index in [4.69, 9.17) is 5.10 Å². The summed E-state index contributed by atoms with van der Waals surface area (Å²) in [5.41, 5.74) is 3.31. The predicted octanol–water partition coefficient (Wildman–Crippen LogP) is 4.62. The quantitative estimate of drug-likeness (QED) is 0.425. The van der Waals surface area contributed by atoms with Crippen molar-refractivity contribution in [1.29, 1.82) is 0 Å². The van der Waals surface area contributed by atoms with Gasteiger partial charge in [0.05, 0.1) is 11.9 Å². The van der Waals surface area contributed by atoms with Gasteiger partial charge in [0.15, 0.2) is 0 Å². The summed E-state index contributed by atoms with van der Waals surface area (Å²) < 4.78 is 3.10. The molecule has 3 aromatic rings. The summed E-state index contributed by atoms with van der Waals surface area (Å²) in [6, 6.07) is 18.5. The summed E-state index contributed by atoms with van der Waals surface area (Å²) in [6.07, 6.45) is 1.90. The summed E-state index contributed by atoms with van der Waals surface area (Å²) in [5.74, 6) is 0. The van der Waals surface area contributed by atoms with Crippen molar-refractivity contribution >= 4 is 40.1 Å². The second kappa shape index (κ2) is 7.70. The Balaban J connectivity index is 2.08. The van der Waals surface area contributed by atoms with Crippen LogP contribution in [0.1, 0.15) is 12.5 Å². The lowest BCUT2D eigenvalue weighted by Gasteiger charge is -2.03. The predicted molar refractivity (Wildman–Crippen MR) is 106 cm³/mol. The Morgan fingerprint density at radius 1 is 1.09 bits per heavy atom. The maximum atomic E-state index is 4.70. The minimum atomic E-state index is 0.743. The zero-order valence-electron chi connectivity index (χ0n) is 12.7. The molecule has 2 aromatic carbocycles. The third-order valence-corrected chi connectivity index (χ3v) is 5.10. The first kappa shape index (κ1) is 16.1. The number of halogens is 1. The van der Waals surface area contributed by atoms with Crippen LogP contribution in [0.2, 0.25) is 0 Å². The van der Waals surface area contributed by atoms with Crippen LogP contribution in [0.3, 0.4) is 0 Å². The Hall–Kier alpha value is -1.73. The standard InChI is InChI=1S/C18H16IN3S/c1-2-20-18-22(21-12-15-10-6-7-11-16(15)19)17(13-23-18)14-8-4-3-5-9-14/h3-13H,2H2,1H3. The van der Waals surface area contributed by atoms with Gasteiger partial charge in [0.1, 0.15) is 0 Å². The lowest BCUT2D eigenvalue weighted by molar-refractivity contribution is 0.833. The summed E-state index contributed by atoms with van der Waals surface area (Å²) in [6.45, 7) is 2.78. The maximum absolute atomic E-state index is 4.70. The molecule has 0 aliphatic heterocycles. The maximum Gasteiger partial charge on any atom is 0.206 e. The van der Waals surface area contributed by atoms with E-state index in [9.17, 15) is 0 Å². The van der Waals surface area contributed by atoms with Gasteiger partial charge in [0, 0.05) is 26.6 Å². The van der Waals surface area contributed by atoms with E-state index < -0.39 is 0 Å². The summed E-state index contributed by atoms with van der Waals surface area (Å²) in [7, 11) is 0. The number of aromatic nitrogens is 1. The Morgan fingerprint density at radius 3 is 2.57 bits per heavy atom. The van der Waals surface area contributed by atoms with Gasteiger partial charge < -0.3 is 0 Å². The van der Waals surface area contributed by atoms with Gasteiger partial charge in [-0.15, -0.1) is 11.3 Å². The molecule has 0 spiro atoms. The van der Waals surface area contributed by atoms with Crippen molar-refractivity contribution in [1.82, 2.24) is 4.68 Å². The van der Waals surface area contributed by atoms with Crippen LogP contribution >= 0.6 is 33.9 Å². The smallest absolute Gasteiger partial charge is 0.206 e. The number of hydrogen-bond acceptors (Lipinski definition) is 3. The van der Waals surface area contributed by atoms with Crippen LogP contribution in [-0.4, -0.2) is 17.4 Å². The SMILES string of the molecule is CCN=c1scc(-c2ccccc2)n1N=Cc1ccccc1I. The van der Waals surface area contributed by atoms with Crippen molar-refractivity contribution in [3.63, 3.8) is 0 Å². The summed E-state index contributed by atoms with van der Waals surface area (Å²) >= 11 is 3.94. The normalized spacial score (nSPS) is 12.2. The molecule has 3 nitrogen and oxygen atoms in total. The average molecular weight is 433 g/mol. The monoisotopic (exact) mass is 433 g/mol. The van der Waals surface area contributed by atoms with Gasteiger partial charge in [-0.05, 0) is 35.6 Å². The van der Waals surface area contributed by atoms with Crippen LogP contribution in [0.15, 0.2) is 70.1 Å². The number of benzene rings is 2. The molecule has 1 aromatic heterocycles. The van der Waals surface area contributed by atoms with Crippen LogP contribution in [0.4, 0.5) is 0 Å². The van der Waals surface area contributed by atoms with E-state index in [2.05, 4.69) is 57.2 Å². The molecule has 5 heteroatoms. The molecule has 0 unspecified atom stereocenters. The first-order chi connectivity index (χ1) is 11.3. The lowest BCUT2D eigenvalue weighted by Crippen LogP contribution is -2.12. The number of thiazole rings is 1. The third-order valence-electron chi connectivity index (χ3n) is 3.27. The van der Waals surface area contributed by atoms with Crippen molar-refractivity contribution < 1.29 is 0 Å². The largest absolute Gasteiger partial charge is 0.258 e. The molecule has 116 valence electrons. The van der Waals surface area contributed by atoms with E-state index in [1.54, 1.807) is 11.3 Å². The van der Waals surface area contributed by atoms with Crippen LogP contribution < -0.4 is 4.80 Å². The van der Waals surface area contributed by atoms with Crippen molar-refractivity contribution in [2.75, 3.05) is 6.54 Å². The molecule has 0 N–H and O–H groups in total. The fourth-order valence-corrected chi connectivity index (χ4v) is 3.59. The molecule has 0 saturated heterocycles. The van der Waals surface area contributed by atoms with Crippen LogP contribution in [0, 0.1) is 3.57 Å². The van der Waals surface area contributed by atoms with Gasteiger partial charge in [-0.2, -0.15) is 5.10 Å². The Bertz CT molecular complexity index is 879. The second-order valence-corrected chi connectivity index (χ2v) is 6.82. The number of nitrogens with zero attached hydrogens (tertiary/aromatic N) is 3. The highest BCUT2D eigenvalue weighted by molar-refractivity contribution is 14.1. The zero-order valence-corrected chi connectivity index (χ0v) is 15.7. The van der Waals surface area contributed by atoms with E-state index in [1.165, 1.54) is 3.57 Å². The van der Waals surface area contributed by atoms with Crippen LogP contribution in [-0.2, 0) is 0 Å². The topological polar surface area (TPSA) is 29.6 Å². The van der Waals surface area contributed by atoms with Crippen LogP contribution in [0.25, 0.3) is 11.3 Å². The molecule has 0 saturated carbocycles. The fourth-order valence-electron chi connectivity index (χ4n) is 2.16. The van der Waals surface area contributed by atoms with Gasteiger partial charge in [-0.1, -0.05) is 48.5 Å². The first-order valence-corrected chi connectivity index (χ1v) is 9.30. The number of hydrogen-bond donors (Lipinski definition) is 0. The first-order valence-electron chi connectivity index (χ1n) is 7.35. The van der Waals surface area contributed by atoms with Gasteiger partial charge >= 0.3 is 0 Å². The van der Waals surface area contributed by atoms with E-state index in [-0.39, 0.29) is 0 Å². The molecule has 23 heavy (non-hydrogen) atoms. The second-order valence-electron chi connectivity index (χ2n) is 4.82. The molecular formula is C18H16IN3S. The summed E-state index contributed by atoms with van der Waals surface area (Å²) in [4.78, 5) is 5.46.